The molecule has 36 heavy (non-hydrogen) atoms. The van der Waals surface area contributed by atoms with E-state index in [1.165, 1.54) is 0 Å². The van der Waals surface area contributed by atoms with Crippen LogP contribution in [0.25, 0.3) is 0 Å². The highest BCUT2D eigenvalue weighted by Crippen LogP contribution is 2.49. The maximum absolute atomic E-state index is 13.8. The zero-order valence-corrected chi connectivity index (χ0v) is 24.3. The van der Waals surface area contributed by atoms with Crippen molar-refractivity contribution in [2.24, 2.45) is 5.41 Å². The van der Waals surface area contributed by atoms with Crippen LogP contribution in [0.3, 0.4) is 0 Å². The van der Waals surface area contributed by atoms with Gasteiger partial charge in [0.05, 0.1) is 43.2 Å². The van der Waals surface area contributed by atoms with Gasteiger partial charge < -0.3 is 19.3 Å². The molecule has 0 saturated heterocycles. The largest absolute Gasteiger partial charge is 0.491 e. The molecule has 2 aromatic carbocycles. The zero-order valence-electron chi connectivity index (χ0n) is 21.3. The smallest absolute Gasteiger partial charge is 0.179 e. The third-order valence-corrected chi connectivity index (χ3v) is 9.48. The van der Waals surface area contributed by atoms with Crippen LogP contribution in [0, 0.1) is 5.41 Å². The Morgan fingerprint density at radius 2 is 1.69 bits per heavy atom. The van der Waals surface area contributed by atoms with Gasteiger partial charge in [0, 0.05) is 15.8 Å². The van der Waals surface area contributed by atoms with Gasteiger partial charge in [-0.2, -0.15) is 0 Å². The first kappa shape index (κ1) is 29.4. The third-order valence-electron chi connectivity index (χ3n) is 7.06. The van der Waals surface area contributed by atoms with E-state index in [1.807, 2.05) is 43.3 Å². The SMILES string of the molecule is CCCC[C@]1(CC)CS(=O)(=O)c2cc(OCCOCCOCCI)ccc2[C@@H](c2ccccc2)[C@H]1O. The zero-order chi connectivity index (χ0) is 26.0. The number of fused-ring (bicyclic) bond motifs is 1. The van der Waals surface area contributed by atoms with Crippen molar-refractivity contribution in [2.75, 3.05) is 43.2 Å². The van der Waals surface area contributed by atoms with Crippen LogP contribution in [-0.2, 0) is 19.3 Å². The molecule has 0 aromatic heterocycles. The van der Waals surface area contributed by atoms with E-state index in [0.717, 1.165) is 22.8 Å². The number of halogens is 1. The minimum Gasteiger partial charge on any atom is -0.491 e. The second-order valence-electron chi connectivity index (χ2n) is 9.37. The Kier molecular flexibility index (Phi) is 11.5. The summed E-state index contributed by atoms with van der Waals surface area (Å²) < 4.78 is 45.3. The fourth-order valence-corrected chi connectivity index (χ4v) is 7.64. The van der Waals surface area contributed by atoms with Crippen molar-refractivity contribution >= 4 is 32.4 Å². The molecule has 0 saturated carbocycles. The first-order chi connectivity index (χ1) is 17.4. The van der Waals surface area contributed by atoms with Gasteiger partial charge in [0.1, 0.15) is 12.4 Å². The van der Waals surface area contributed by atoms with Gasteiger partial charge in [0.25, 0.3) is 0 Å². The number of hydrogen-bond acceptors (Lipinski definition) is 6. The van der Waals surface area contributed by atoms with Gasteiger partial charge in [-0.1, -0.05) is 85.7 Å². The van der Waals surface area contributed by atoms with Crippen molar-refractivity contribution in [1.29, 1.82) is 0 Å². The Morgan fingerprint density at radius 3 is 2.36 bits per heavy atom. The Labute approximate surface area is 229 Å². The van der Waals surface area contributed by atoms with Crippen LogP contribution in [0.4, 0.5) is 0 Å². The number of benzene rings is 2. The molecule has 0 radical (unpaired) electrons. The molecule has 200 valence electrons. The minimum absolute atomic E-state index is 0.0716. The lowest BCUT2D eigenvalue weighted by Crippen LogP contribution is -2.42. The number of sulfone groups is 1. The topological polar surface area (TPSA) is 82.1 Å². The van der Waals surface area contributed by atoms with Crippen LogP contribution < -0.4 is 4.74 Å². The van der Waals surface area contributed by atoms with Gasteiger partial charge in [-0.05, 0) is 36.1 Å². The first-order valence-corrected chi connectivity index (χ1v) is 16.0. The highest BCUT2D eigenvalue weighted by atomic mass is 127. The average molecular weight is 631 g/mol. The molecule has 1 aliphatic heterocycles. The van der Waals surface area contributed by atoms with Gasteiger partial charge in [-0.3, -0.25) is 0 Å². The fourth-order valence-electron chi connectivity index (χ4n) is 5.05. The number of rotatable bonds is 14. The molecule has 1 heterocycles. The number of alkyl halides is 1. The molecule has 0 amide bonds. The van der Waals surface area contributed by atoms with Gasteiger partial charge in [0.15, 0.2) is 9.84 Å². The van der Waals surface area contributed by atoms with Crippen molar-refractivity contribution in [3.63, 3.8) is 0 Å². The van der Waals surface area contributed by atoms with E-state index in [2.05, 4.69) is 29.5 Å². The lowest BCUT2D eigenvalue weighted by Gasteiger charge is -2.39. The molecule has 0 aliphatic carbocycles. The third kappa shape index (κ3) is 7.22. The van der Waals surface area contributed by atoms with Crippen molar-refractivity contribution in [2.45, 2.75) is 56.4 Å². The van der Waals surface area contributed by atoms with Crippen LogP contribution in [0.1, 0.15) is 56.6 Å². The molecule has 6 nitrogen and oxygen atoms in total. The minimum atomic E-state index is -3.66. The Balaban J connectivity index is 1.89. The van der Waals surface area contributed by atoms with Crippen LogP contribution in [0.5, 0.6) is 5.75 Å². The Bertz CT molecular complexity index is 1050. The maximum atomic E-state index is 13.8. The lowest BCUT2D eigenvalue weighted by atomic mass is 9.69. The van der Waals surface area contributed by atoms with Crippen molar-refractivity contribution in [3.05, 3.63) is 59.7 Å². The molecule has 0 unspecified atom stereocenters. The van der Waals surface area contributed by atoms with Gasteiger partial charge >= 0.3 is 0 Å². The summed E-state index contributed by atoms with van der Waals surface area (Å²) in [6.07, 6.45) is 2.26. The number of aliphatic hydroxyl groups is 1. The van der Waals surface area contributed by atoms with E-state index in [0.29, 0.717) is 57.2 Å². The molecule has 0 fully saturated rings. The number of aliphatic hydroxyl groups excluding tert-OH is 1. The predicted octanol–water partition coefficient (Wildman–Crippen LogP) is 5.40. The Morgan fingerprint density at radius 1 is 1.00 bits per heavy atom. The van der Waals surface area contributed by atoms with E-state index in [-0.39, 0.29) is 10.6 Å². The molecule has 1 aliphatic rings. The molecule has 2 aromatic rings. The summed E-state index contributed by atoms with van der Waals surface area (Å²) in [6.45, 7) is 6.53. The molecule has 3 atom stereocenters. The second-order valence-corrected chi connectivity index (χ2v) is 12.4. The van der Waals surface area contributed by atoms with E-state index in [9.17, 15) is 13.5 Å². The summed E-state index contributed by atoms with van der Waals surface area (Å²) in [4.78, 5) is 0.257. The average Bonchev–Trinajstić information content (AvgIpc) is 2.95. The van der Waals surface area contributed by atoms with E-state index in [4.69, 9.17) is 14.2 Å². The van der Waals surface area contributed by atoms with Crippen molar-refractivity contribution in [3.8, 4) is 5.75 Å². The number of hydrogen-bond donors (Lipinski definition) is 1. The quantitative estimate of drug-likeness (QED) is 0.171. The fraction of sp³-hybridized carbons (Fsp3) is 0.571. The summed E-state index contributed by atoms with van der Waals surface area (Å²) in [7, 11) is -3.66. The van der Waals surface area contributed by atoms with Crippen LogP contribution >= 0.6 is 22.6 Å². The normalized spacial score (nSPS) is 23.1. The lowest BCUT2D eigenvalue weighted by molar-refractivity contribution is 0.0174. The summed E-state index contributed by atoms with van der Waals surface area (Å²) in [5, 5.41) is 11.8. The van der Waals surface area contributed by atoms with Crippen molar-refractivity contribution < 1.29 is 27.7 Å². The molecular formula is C28H39IO6S. The molecule has 0 bridgehead atoms. The molecule has 3 rings (SSSR count). The van der Waals surface area contributed by atoms with E-state index >= 15 is 0 Å². The molecule has 8 heteroatoms. The molecule has 0 spiro atoms. The summed E-state index contributed by atoms with van der Waals surface area (Å²) >= 11 is 2.26. The second kappa shape index (κ2) is 14.1. The monoisotopic (exact) mass is 630 g/mol. The van der Waals surface area contributed by atoms with Gasteiger partial charge in [-0.25, -0.2) is 8.42 Å². The molecule has 1 N–H and O–H groups in total. The van der Waals surface area contributed by atoms with E-state index < -0.39 is 27.3 Å². The summed E-state index contributed by atoms with van der Waals surface area (Å²) in [6, 6.07) is 15.0. The number of unbranched alkanes of at least 4 members (excludes halogenated alkanes) is 1. The number of ether oxygens (including phenoxy) is 3. The maximum Gasteiger partial charge on any atom is 0.179 e. The van der Waals surface area contributed by atoms with E-state index in [1.54, 1.807) is 12.1 Å². The van der Waals surface area contributed by atoms with Gasteiger partial charge in [-0.15, -0.1) is 0 Å². The highest BCUT2D eigenvalue weighted by molar-refractivity contribution is 14.1. The first-order valence-electron chi connectivity index (χ1n) is 12.8. The Hall–Kier alpha value is -1.20. The molecular weight excluding hydrogens is 591 g/mol. The summed E-state index contributed by atoms with van der Waals surface area (Å²) in [5.41, 5.74) is 0.837. The summed E-state index contributed by atoms with van der Waals surface area (Å²) in [5.74, 6) is -0.0196. The highest BCUT2D eigenvalue weighted by Gasteiger charge is 2.48. The van der Waals surface area contributed by atoms with Crippen LogP contribution in [0.15, 0.2) is 53.4 Å². The van der Waals surface area contributed by atoms with Crippen LogP contribution in [0.2, 0.25) is 0 Å². The van der Waals surface area contributed by atoms with Crippen molar-refractivity contribution in [1.82, 2.24) is 0 Å². The van der Waals surface area contributed by atoms with Gasteiger partial charge in [0.2, 0.25) is 0 Å². The standard InChI is InChI=1S/C28H39IO6S/c1-3-5-13-28(4-2)21-36(31,32)25-20-23(35-19-18-34-17-16-33-15-14-29)11-12-24(25)26(27(28)30)22-9-7-6-8-10-22/h6-12,20,26-27,30H,3-5,13-19,21H2,1-2H3/t26-,27-,28-/m1/s1. The predicted molar refractivity (Wildman–Crippen MR) is 151 cm³/mol. The van der Waals surface area contributed by atoms with Crippen LogP contribution in [-0.4, -0.2) is 62.8 Å².